The Balaban J connectivity index is 2.13. The number of halogens is 1. The van der Waals surface area contributed by atoms with Gasteiger partial charge in [-0.15, -0.1) is 0 Å². The minimum absolute atomic E-state index is 0.556. The molecule has 1 N–H and O–H groups in total. The van der Waals surface area contributed by atoms with Crippen LogP contribution in [0.1, 0.15) is 17.2 Å². The standard InChI is InChI=1S/C14H11ClN2O/c15-12-6-2-1-5-10(12)14(18)11-9-16-17-8-4-3-7-13(11)17/h1-9,14,18H. The van der Waals surface area contributed by atoms with Gasteiger partial charge in [-0.3, -0.25) is 0 Å². The Morgan fingerprint density at radius 3 is 2.67 bits per heavy atom. The summed E-state index contributed by atoms with van der Waals surface area (Å²) in [6.45, 7) is 0. The predicted octanol–water partition coefficient (Wildman–Crippen LogP) is 3.07. The van der Waals surface area contributed by atoms with Gasteiger partial charge in [0, 0.05) is 22.3 Å². The van der Waals surface area contributed by atoms with Crippen LogP contribution in [0, 0.1) is 0 Å². The molecule has 2 aromatic heterocycles. The Hall–Kier alpha value is -1.84. The maximum atomic E-state index is 10.4. The first-order valence-electron chi connectivity index (χ1n) is 5.62. The lowest BCUT2D eigenvalue weighted by Gasteiger charge is -2.11. The molecule has 4 heteroatoms. The number of rotatable bonds is 2. The van der Waals surface area contributed by atoms with Gasteiger partial charge in [0.25, 0.3) is 0 Å². The van der Waals surface area contributed by atoms with Gasteiger partial charge in [-0.25, -0.2) is 4.52 Å². The van der Waals surface area contributed by atoms with Crippen molar-refractivity contribution in [1.82, 2.24) is 9.61 Å². The van der Waals surface area contributed by atoms with E-state index >= 15 is 0 Å². The highest BCUT2D eigenvalue weighted by Gasteiger charge is 2.17. The maximum absolute atomic E-state index is 10.4. The van der Waals surface area contributed by atoms with Crippen LogP contribution < -0.4 is 0 Å². The number of pyridine rings is 1. The van der Waals surface area contributed by atoms with Crippen LogP contribution >= 0.6 is 11.6 Å². The van der Waals surface area contributed by atoms with Crippen LogP contribution in [0.4, 0.5) is 0 Å². The predicted molar refractivity (Wildman–Crippen MR) is 70.7 cm³/mol. The minimum Gasteiger partial charge on any atom is -0.383 e. The number of hydrogen-bond donors (Lipinski definition) is 1. The molecule has 3 nitrogen and oxygen atoms in total. The molecule has 0 radical (unpaired) electrons. The molecule has 0 amide bonds. The van der Waals surface area contributed by atoms with E-state index in [4.69, 9.17) is 11.6 Å². The Bertz CT molecular complexity index is 693. The summed E-state index contributed by atoms with van der Waals surface area (Å²) in [5.74, 6) is 0. The third kappa shape index (κ3) is 1.78. The number of aliphatic hydroxyl groups excluding tert-OH is 1. The van der Waals surface area contributed by atoms with Crippen molar-refractivity contribution < 1.29 is 5.11 Å². The van der Waals surface area contributed by atoms with Gasteiger partial charge >= 0.3 is 0 Å². The van der Waals surface area contributed by atoms with Gasteiger partial charge in [0.15, 0.2) is 0 Å². The van der Waals surface area contributed by atoms with Crippen LogP contribution in [0.3, 0.4) is 0 Å². The second-order valence-corrected chi connectivity index (χ2v) is 4.46. The molecular formula is C14H11ClN2O. The molecule has 1 atom stereocenters. The molecule has 0 aliphatic carbocycles. The number of nitrogens with zero attached hydrogens (tertiary/aromatic N) is 2. The van der Waals surface area contributed by atoms with Gasteiger partial charge in [0.05, 0.1) is 11.7 Å². The van der Waals surface area contributed by atoms with E-state index in [1.165, 1.54) is 0 Å². The number of fused-ring (bicyclic) bond motifs is 1. The summed E-state index contributed by atoms with van der Waals surface area (Å²) in [6.07, 6.45) is 2.75. The van der Waals surface area contributed by atoms with E-state index in [0.717, 1.165) is 11.1 Å². The van der Waals surface area contributed by atoms with Crippen LogP contribution in [0.25, 0.3) is 5.52 Å². The van der Waals surface area contributed by atoms with E-state index in [0.29, 0.717) is 10.6 Å². The van der Waals surface area contributed by atoms with Crippen LogP contribution in [-0.2, 0) is 0 Å². The van der Waals surface area contributed by atoms with Crippen molar-refractivity contribution >= 4 is 17.1 Å². The van der Waals surface area contributed by atoms with E-state index in [2.05, 4.69) is 5.10 Å². The van der Waals surface area contributed by atoms with Crippen molar-refractivity contribution in [2.24, 2.45) is 0 Å². The smallest absolute Gasteiger partial charge is 0.109 e. The number of hydrogen-bond acceptors (Lipinski definition) is 2. The van der Waals surface area contributed by atoms with Crippen molar-refractivity contribution in [2.75, 3.05) is 0 Å². The summed E-state index contributed by atoms with van der Waals surface area (Å²) in [6, 6.07) is 13.0. The van der Waals surface area contributed by atoms with Gasteiger partial charge in [-0.1, -0.05) is 35.9 Å². The first-order chi connectivity index (χ1) is 8.77. The Kier molecular flexibility index (Phi) is 2.78. The van der Waals surface area contributed by atoms with Gasteiger partial charge < -0.3 is 5.11 Å². The topological polar surface area (TPSA) is 37.5 Å². The summed E-state index contributed by atoms with van der Waals surface area (Å²) in [5.41, 5.74) is 2.33. The summed E-state index contributed by atoms with van der Waals surface area (Å²) in [5, 5.41) is 15.2. The van der Waals surface area contributed by atoms with Crippen LogP contribution in [0.15, 0.2) is 54.9 Å². The molecule has 2 heterocycles. The summed E-state index contributed by atoms with van der Waals surface area (Å²) in [7, 11) is 0. The molecule has 0 fully saturated rings. The van der Waals surface area contributed by atoms with E-state index in [-0.39, 0.29) is 0 Å². The number of aromatic nitrogens is 2. The molecule has 1 unspecified atom stereocenters. The molecule has 0 bridgehead atoms. The lowest BCUT2D eigenvalue weighted by atomic mass is 10.0. The normalized spacial score (nSPS) is 12.8. The average molecular weight is 259 g/mol. The molecule has 3 aromatic rings. The first-order valence-corrected chi connectivity index (χ1v) is 6.00. The van der Waals surface area contributed by atoms with E-state index in [1.54, 1.807) is 16.8 Å². The quantitative estimate of drug-likeness (QED) is 0.767. The zero-order valence-corrected chi connectivity index (χ0v) is 10.2. The van der Waals surface area contributed by atoms with Crippen LogP contribution in [0.5, 0.6) is 0 Å². The molecule has 0 aliphatic rings. The molecule has 90 valence electrons. The zero-order valence-electron chi connectivity index (χ0n) is 9.49. The van der Waals surface area contributed by atoms with E-state index in [9.17, 15) is 5.11 Å². The fraction of sp³-hybridized carbons (Fsp3) is 0.0714. The van der Waals surface area contributed by atoms with Crippen LogP contribution in [-0.4, -0.2) is 14.7 Å². The molecule has 0 spiro atoms. The summed E-state index contributed by atoms with van der Waals surface area (Å²) >= 11 is 6.10. The second kappa shape index (κ2) is 4.44. The number of benzene rings is 1. The zero-order chi connectivity index (χ0) is 12.5. The Morgan fingerprint density at radius 1 is 1.06 bits per heavy atom. The SMILES string of the molecule is OC(c1ccccc1Cl)c1cnn2ccccc12. The lowest BCUT2D eigenvalue weighted by molar-refractivity contribution is 0.222. The van der Waals surface area contributed by atoms with Crippen molar-refractivity contribution in [3.05, 3.63) is 71.0 Å². The third-order valence-corrected chi connectivity index (χ3v) is 3.29. The van der Waals surface area contributed by atoms with E-state index < -0.39 is 6.10 Å². The van der Waals surface area contributed by atoms with Crippen molar-refractivity contribution in [1.29, 1.82) is 0 Å². The average Bonchev–Trinajstić information content (AvgIpc) is 2.82. The molecule has 0 aliphatic heterocycles. The maximum Gasteiger partial charge on any atom is 0.109 e. The lowest BCUT2D eigenvalue weighted by Crippen LogP contribution is -1.99. The van der Waals surface area contributed by atoms with Gasteiger partial charge in [0.1, 0.15) is 6.10 Å². The molecule has 18 heavy (non-hydrogen) atoms. The van der Waals surface area contributed by atoms with Crippen molar-refractivity contribution in [3.8, 4) is 0 Å². The molecule has 1 aromatic carbocycles. The molecule has 0 saturated carbocycles. The molecule has 3 rings (SSSR count). The van der Waals surface area contributed by atoms with Crippen LogP contribution in [0.2, 0.25) is 5.02 Å². The van der Waals surface area contributed by atoms with E-state index in [1.807, 2.05) is 42.6 Å². The van der Waals surface area contributed by atoms with Gasteiger partial charge in [-0.2, -0.15) is 5.10 Å². The summed E-state index contributed by atoms with van der Waals surface area (Å²) < 4.78 is 1.73. The fourth-order valence-corrected chi connectivity index (χ4v) is 2.27. The van der Waals surface area contributed by atoms with Crippen molar-refractivity contribution in [3.63, 3.8) is 0 Å². The Morgan fingerprint density at radius 2 is 1.83 bits per heavy atom. The third-order valence-electron chi connectivity index (χ3n) is 2.95. The first kappa shape index (κ1) is 11.3. The van der Waals surface area contributed by atoms with Gasteiger partial charge in [-0.05, 0) is 18.2 Å². The highest BCUT2D eigenvalue weighted by atomic mass is 35.5. The monoisotopic (exact) mass is 258 g/mol. The molecule has 0 saturated heterocycles. The summed E-state index contributed by atoms with van der Waals surface area (Å²) in [4.78, 5) is 0. The largest absolute Gasteiger partial charge is 0.383 e. The Labute approximate surface area is 109 Å². The number of aliphatic hydroxyl groups is 1. The minimum atomic E-state index is -0.765. The van der Waals surface area contributed by atoms with Crippen molar-refractivity contribution in [2.45, 2.75) is 6.10 Å². The molecular weight excluding hydrogens is 248 g/mol. The van der Waals surface area contributed by atoms with Gasteiger partial charge in [0.2, 0.25) is 0 Å². The second-order valence-electron chi connectivity index (χ2n) is 4.05. The highest BCUT2D eigenvalue weighted by Crippen LogP contribution is 2.30. The highest BCUT2D eigenvalue weighted by molar-refractivity contribution is 6.31. The fourth-order valence-electron chi connectivity index (χ4n) is 2.03.